The molecule has 1 saturated heterocycles. The van der Waals surface area contributed by atoms with E-state index in [0.29, 0.717) is 6.04 Å². The summed E-state index contributed by atoms with van der Waals surface area (Å²) in [6.07, 6.45) is 3.81. The first-order chi connectivity index (χ1) is 8.29. The first kappa shape index (κ1) is 12.2. The van der Waals surface area contributed by atoms with Gasteiger partial charge >= 0.3 is 0 Å². The minimum atomic E-state index is 0.210. The van der Waals surface area contributed by atoms with Gasteiger partial charge in [0.25, 0.3) is 0 Å². The van der Waals surface area contributed by atoms with Gasteiger partial charge in [0.05, 0.1) is 13.2 Å². The molecule has 0 radical (unpaired) electrons. The van der Waals surface area contributed by atoms with Crippen molar-refractivity contribution < 1.29 is 9.47 Å². The third-order valence-electron chi connectivity index (χ3n) is 3.18. The molecule has 1 aromatic rings. The lowest BCUT2D eigenvalue weighted by Crippen LogP contribution is -2.28. The molecular formula is C14H21NO2. The van der Waals surface area contributed by atoms with E-state index in [4.69, 9.17) is 9.47 Å². The molecule has 2 unspecified atom stereocenters. The van der Waals surface area contributed by atoms with E-state index in [2.05, 4.69) is 12.2 Å². The van der Waals surface area contributed by atoms with Crippen molar-refractivity contribution in [1.29, 1.82) is 0 Å². The third-order valence-corrected chi connectivity index (χ3v) is 3.18. The van der Waals surface area contributed by atoms with Gasteiger partial charge in [0.1, 0.15) is 0 Å². The number of nitrogens with one attached hydrogen (secondary N) is 1. The van der Waals surface area contributed by atoms with Gasteiger partial charge in [-0.05, 0) is 44.9 Å². The second-order valence-corrected chi connectivity index (χ2v) is 4.61. The standard InChI is InChI=1S/C14H21NO2/c1-11(10-12-6-5-9-15-12)17-14-8-4-3-7-13(14)16-2/h3-4,7-8,11-12,15H,5-6,9-10H2,1-2H3. The Bertz CT molecular complexity index is 348. The summed E-state index contributed by atoms with van der Waals surface area (Å²) >= 11 is 0. The van der Waals surface area contributed by atoms with Crippen LogP contribution in [0.5, 0.6) is 11.5 Å². The van der Waals surface area contributed by atoms with E-state index in [-0.39, 0.29) is 6.10 Å². The Morgan fingerprint density at radius 1 is 1.35 bits per heavy atom. The molecule has 0 amide bonds. The molecule has 1 fully saturated rings. The Kier molecular flexibility index (Phi) is 4.26. The number of rotatable bonds is 5. The molecule has 2 atom stereocenters. The highest BCUT2D eigenvalue weighted by Crippen LogP contribution is 2.27. The van der Waals surface area contributed by atoms with Gasteiger partial charge in [-0.15, -0.1) is 0 Å². The molecule has 0 aromatic heterocycles. The fraction of sp³-hybridized carbons (Fsp3) is 0.571. The van der Waals surface area contributed by atoms with Crippen LogP contribution < -0.4 is 14.8 Å². The van der Waals surface area contributed by atoms with Crippen molar-refractivity contribution in [1.82, 2.24) is 5.32 Å². The Balaban J connectivity index is 1.90. The second-order valence-electron chi connectivity index (χ2n) is 4.61. The minimum absolute atomic E-state index is 0.210. The van der Waals surface area contributed by atoms with Crippen molar-refractivity contribution in [2.75, 3.05) is 13.7 Å². The van der Waals surface area contributed by atoms with Crippen LogP contribution in [-0.4, -0.2) is 25.8 Å². The summed E-state index contributed by atoms with van der Waals surface area (Å²) in [5.41, 5.74) is 0. The topological polar surface area (TPSA) is 30.5 Å². The van der Waals surface area contributed by atoms with E-state index >= 15 is 0 Å². The lowest BCUT2D eigenvalue weighted by atomic mass is 10.1. The van der Waals surface area contributed by atoms with Crippen molar-refractivity contribution in [3.63, 3.8) is 0 Å². The average molecular weight is 235 g/mol. The quantitative estimate of drug-likeness (QED) is 0.851. The molecule has 0 saturated carbocycles. The van der Waals surface area contributed by atoms with Crippen LogP contribution >= 0.6 is 0 Å². The van der Waals surface area contributed by atoms with Crippen LogP contribution in [0.4, 0.5) is 0 Å². The van der Waals surface area contributed by atoms with Crippen LogP contribution in [0.3, 0.4) is 0 Å². The fourth-order valence-electron chi connectivity index (χ4n) is 2.34. The normalized spacial score (nSPS) is 21.2. The van der Waals surface area contributed by atoms with Crippen molar-refractivity contribution >= 4 is 0 Å². The summed E-state index contributed by atoms with van der Waals surface area (Å²) in [5.74, 6) is 1.64. The Hall–Kier alpha value is -1.22. The summed E-state index contributed by atoms with van der Waals surface area (Å²) in [6.45, 7) is 3.26. The molecule has 1 aromatic carbocycles. The van der Waals surface area contributed by atoms with Crippen molar-refractivity contribution in [3.05, 3.63) is 24.3 Å². The third kappa shape index (κ3) is 3.37. The maximum absolute atomic E-state index is 5.93. The molecule has 3 nitrogen and oxygen atoms in total. The highest BCUT2D eigenvalue weighted by Gasteiger charge is 2.18. The highest BCUT2D eigenvalue weighted by atomic mass is 16.5. The molecule has 1 heterocycles. The summed E-state index contributed by atoms with van der Waals surface area (Å²) < 4.78 is 11.2. The second kappa shape index (κ2) is 5.92. The molecule has 1 N–H and O–H groups in total. The molecule has 0 aliphatic carbocycles. The lowest BCUT2D eigenvalue weighted by Gasteiger charge is -2.19. The molecule has 17 heavy (non-hydrogen) atoms. The summed E-state index contributed by atoms with van der Waals surface area (Å²) in [6, 6.07) is 8.42. The highest BCUT2D eigenvalue weighted by molar-refractivity contribution is 5.39. The van der Waals surface area contributed by atoms with Crippen LogP contribution in [0, 0.1) is 0 Å². The van der Waals surface area contributed by atoms with Gasteiger partial charge in [-0.1, -0.05) is 12.1 Å². The lowest BCUT2D eigenvalue weighted by molar-refractivity contribution is 0.189. The van der Waals surface area contributed by atoms with Crippen LogP contribution in [0.25, 0.3) is 0 Å². The van der Waals surface area contributed by atoms with Crippen LogP contribution in [0.1, 0.15) is 26.2 Å². The number of methoxy groups -OCH3 is 1. The molecule has 1 aliphatic rings. The van der Waals surface area contributed by atoms with E-state index in [0.717, 1.165) is 24.5 Å². The molecule has 0 bridgehead atoms. The Morgan fingerprint density at radius 3 is 2.76 bits per heavy atom. The zero-order valence-electron chi connectivity index (χ0n) is 10.6. The summed E-state index contributed by atoms with van der Waals surface area (Å²) in [5, 5.41) is 3.49. The van der Waals surface area contributed by atoms with Gasteiger partial charge in [0.15, 0.2) is 11.5 Å². The van der Waals surface area contributed by atoms with E-state index < -0.39 is 0 Å². The van der Waals surface area contributed by atoms with Crippen molar-refractivity contribution in [2.45, 2.75) is 38.3 Å². The van der Waals surface area contributed by atoms with E-state index in [1.807, 2.05) is 24.3 Å². The number of hydrogen-bond donors (Lipinski definition) is 1. The predicted octanol–water partition coefficient (Wildman–Crippen LogP) is 2.60. The van der Waals surface area contributed by atoms with Crippen LogP contribution in [0.15, 0.2) is 24.3 Å². The van der Waals surface area contributed by atoms with E-state index in [9.17, 15) is 0 Å². The molecule has 94 valence electrons. The molecule has 0 spiro atoms. The average Bonchev–Trinajstić information content (AvgIpc) is 2.82. The maximum atomic E-state index is 5.93. The van der Waals surface area contributed by atoms with Gasteiger partial charge < -0.3 is 14.8 Å². The fourth-order valence-corrected chi connectivity index (χ4v) is 2.34. The van der Waals surface area contributed by atoms with Crippen LogP contribution in [-0.2, 0) is 0 Å². The number of hydrogen-bond acceptors (Lipinski definition) is 3. The van der Waals surface area contributed by atoms with Gasteiger partial charge in [0, 0.05) is 6.04 Å². The molecule has 3 heteroatoms. The summed E-state index contributed by atoms with van der Waals surface area (Å²) in [7, 11) is 1.67. The summed E-state index contributed by atoms with van der Waals surface area (Å²) in [4.78, 5) is 0. The van der Waals surface area contributed by atoms with Crippen molar-refractivity contribution in [2.24, 2.45) is 0 Å². The first-order valence-corrected chi connectivity index (χ1v) is 6.32. The zero-order valence-corrected chi connectivity index (χ0v) is 10.6. The van der Waals surface area contributed by atoms with E-state index in [1.54, 1.807) is 7.11 Å². The van der Waals surface area contributed by atoms with Gasteiger partial charge in [-0.25, -0.2) is 0 Å². The molecule has 1 aliphatic heterocycles. The van der Waals surface area contributed by atoms with Crippen LogP contribution in [0.2, 0.25) is 0 Å². The predicted molar refractivity (Wildman–Crippen MR) is 68.7 cm³/mol. The van der Waals surface area contributed by atoms with E-state index in [1.165, 1.54) is 12.8 Å². The number of para-hydroxylation sites is 2. The van der Waals surface area contributed by atoms with Crippen molar-refractivity contribution in [3.8, 4) is 11.5 Å². The first-order valence-electron chi connectivity index (χ1n) is 6.32. The minimum Gasteiger partial charge on any atom is -0.493 e. The Labute approximate surface area is 103 Å². The van der Waals surface area contributed by atoms with Gasteiger partial charge in [0.2, 0.25) is 0 Å². The molecule has 2 rings (SSSR count). The Morgan fingerprint density at radius 2 is 2.12 bits per heavy atom. The zero-order chi connectivity index (χ0) is 12.1. The molecular weight excluding hydrogens is 214 g/mol. The van der Waals surface area contributed by atoms with Gasteiger partial charge in [-0.2, -0.15) is 0 Å². The number of ether oxygens (including phenoxy) is 2. The monoisotopic (exact) mass is 235 g/mol. The SMILES string of the molecule is COc1ccccc1OC(C)CC1CCCN1. The maximum Gasteiger partial charge on any atom is 0.161 e. The van der Waals surface area contributed by atoms with Gasteiger partial charge in [-0.3, -0.25) is 0 Å². The largest absolute Gasteiger partial charge is 0.493 e. The number of benzene rings is 1. The smallest absolute Gasteiger partial charge is 0.161 e.